The molecule has 112 valence electrons. The van der Waals surface area contributed by atoms with E-state index in [1.165, 1.54) is 37.7 Å². The predicted molar refractivity (Wildman–Crippen MR) is 87.0 cm³/mol. The van der Waals surface area contributed by atoms with Crippen LogP contribution in [0.4, 0.5) is 4.39 Å². The highest BCUT2D eigenvalue weighted by molar-refractivity contribution is 7.99. The zero-order valence-electron chi connectivity index (χ0n) is 12.6. The van der Waals surface area contributed by atoms with Crippen LogP contribution in [0.15, 0.2) is 18.2 Å². The van der Waals surface area contributed by atoms with Crippen molar-refractivity contribution in [2.24, 2.45) is 0 Å². The van der Waals surface area contributed by atoms with Gasteiger partial charge in [-0.05, 0) is 56.5 Å². The molecule has 2 rings (SSSR count). The second-order valence-corrected chi connectivity index (χ2v) is 7.19. The third-order valence-corrected chi connectivity index (χ3v) is 5.80. The summed E-state index contributed by atoms with van der Waals surface area (Å²) in [5.41, 5.74) is 2.32. The molecule has 1 aliphatic rings. The van der Waals surface area contributed by atoms with Gasteiger partial charge in [-0.3, -0.25) is 0 Å². The maximum atomic E-state index is 13.1. The lowest BCUT2D eigenvalue weighted by molar-refractivity contribution is 0.514. The lowest BCUT2D eigenvalue weighted by Gasteiger charge is -2.24. The number of likely N-dealkylation sites (N-methyl/N-ethyl adjacent to an activating group) is 1. The van der Waals surface area contributed by atoms with Gasteiger partial charge in [0.1, 0.15) is 5.82 Å². The monoisotopic (exact) mass is 295 g/mol. The van der Waals surface area contributed by atoms with Crippen LogP contribution in [-0.2, 0) is 6.42 Å². The van der Waals surface area contributed by atoms with Gasteiger partial charge in [0.15, 0.2) is 0 Å². The van der Waals surface area contributed by atoms with Crippen molar-refractivity contribution in [3.63, 3.8) is 0 Å². The Bertz CT molecular complexity index is 415. The van der Waals surface area contributed by atoms with Gasteiger partial charge in [-0.25, -0.2) is 4.39 Å². The van der Waals surface area contributed by atoms with E-state index in [0.717, 1.165) is 23.0 Å². The predicted octanol–water partition coefficient (Wildman–Crippen LogP) is 4.33. The Kier molecular flexibility index (Phi) is 6.37. The molecule has 20 heavy (non-hydrogen) atoms. The molecular weight excluding hydrogens is 269 g/mol. The number of rotatable bonds is 6. The normalized spacial score (nSPS) is 18.1. The van der Waals surface area contributed by atoms with E-state index in [1.807, 2.05) is 20.0 Å². The quantitative estimate of drug-likeness (QED) is 0.838. The summed E-state index contributed by atoms with van der Waals surface area (Å²) in [6.45, 7) is 2.00. The second kappa shape index (κ2) is 8.04. The maximum Gasteiger partial charge on any atom is 0.123 e. The number of nitrogens with one attached hydrogen (secondary N) is 1. The smallest absolute Gasteiger partial charge is 0.123 e. The summed E-state index contributed by atoms with van der Waals surface area (Å²) in [5, 5.41) is 4.27. The van der Waals surface area contributed by atoms with Crippen molar-refractivity contribution in [3.8, 4) is 0 Å². The van der Waals surface area contributed by atoms with Gasteiger partial charge >= 0.3 is 0 Å². The van der Waals surface area contributed by atoms with E-state index < -0.39 is 0 Å². The third-order valence-electron chi connectivity index (χ3n) is 4.26. The van der Waals surface area contributed by atoms with Crippen molar-refractivity contribution < 1.29 is 4.39 Å². The van der Waals surface area contributed by atoms with Gasteiger partial charge < -0.3 is 5.32 Å². The van der Waals surface area contributed by atoms with Gasteiger partial charge in [0, 0.05) is 17.0 Å². The summed E-state index contributed by atoms with van der Waals surface area (Å²) < 4.78 is 13.1. The summed E-state index contributed by atoms with van der Waals surface area (Å²) in [6, 6.07) is 5.62. The topological polar surface area (TPSA) is 12.0 Å². The molecule has 0 bridgehead atoms. The van der Waals surface area contributed by atoms with Gasteiger partial charge in [-0.1, -0.05) is 25.3 Å². The number of aryl methyl sites for hydroxylation is 1. The molecule has 1 saturated carbocycles. The number of hydrogen-bond acceptors (Lipinski definition) is 2. The minimum atomic E-state index is -0.135. The minimum Gasteiger partial charge on any atom is -0.316 e. The first-order chi connectivity index (χ1) is 9.69. The molecule has 1 fully saturated rings. The fourth-order valence-corrected chi connectivity index (χ4v) is 4.34. The second-order valence-electron chi connectivity index (χ2n) is 5.85. The Morgan fingerprint density at radius 1 is 1.30 bits per heavy atom. The van der Waals surface area contributed by atoms with E-state index in [2.05, 4.69) is 17.1 Å². The van der Waals surface area contributed by atoms with Gasteiger partial charge in [0.05, 0.1) is 0 Å². The average molecular weight is 295 g/mol. The molecule has 1 aromatic carbocycles. The van der Waals surface area contributed by atoms with Crippen molar-refractivity contribution in [1.82, 2.24) is 5.32 Å². The van der Waals surface area contributed by atoms with E-state index in [9.17, 15) is 4.39 Å². The molecule has 3 heteroatoms. The van der Waals surface area contributed by atoms with E-state index in [0.29, 0.717) is 6.04 Å². The first kappa shape index (κ1) is 15.8. The number of halogens is 1. The van der Waals surface area contributed by atoms with Crippen LogP contribution in [0.5, 0.6) is 0 Å². The summed E-state index contributed by atoms with van der Waals surface area (Å²) >= 11 is 2.12. The number of thioether (sulfide) groups is 1. The zero-order chi connectivity index (χ0) is 14.4. The molecule has 0 aromatic heterocycles. The van der Waals surface area contributed by atoms with Crippen molar-refractivity contribution in [3.05, 3.63) is 35.1 Å². The molecule has 1 atom stereocenters. The van der Waals surface area contributed by atoms with Crippen LogP contribution in [0, 0.1) is 12.7 Å². The molecule has 0 heterocycles. The van der Waals surface area contributed by atoms with Gasteiger partial charge in [0.25, 0.3) is 0 Å². The molecular formula is C17H26FNS. The van der Waals surface area contributed by atoms with E-state index in [-0.39, 0.29) is 5.82 Å². The van der Waals surface area contributed by atoms with E-state index >= 15 is 0 Å². The summed E-state index contributed by atoms with van der Waals surface area (Å²) in [4.78, 5) is 0. The molecule has 1 unspecified atom stereocenters. The highest BCUT2D eigenvalue weighted by Gasteiger charge is 2.16. The van der Waals surface area contributed by atoms with Crippen LogP contribution >= 0.6 is 11.8 Å². The number of hydrogen-bond donors (Lipinski definition) is 1. The first-order valence-electron chi connectivity index (χ1n) is 7.73. The standard InChI is InChI=1S/C17H26FNS/c1-13-10-15(18)9-8-14(13)11-16(19-2)12-20-17-6-4-3-5-7-17/h8-10,16-17,19H,3-7,11-12H2,1-2H3. The number of benzene rings is 1. The van der Waals surface area contributed by atoms with Crippen LogP contribution in [0.3, 0.4) is 0 Å². The SMILES string of the molecule is CNC(CSC1CCCCC1)Cc1ccc(F)cc1C. The largest absolute Gasteiger partial charge is 0.316 e. The van der Waals surface area contributed by atoms with Crippen molar-refractivity contribution in [1.29, 1.82) is 0 Å². The molecule has 1 nitrogen and oxygen atoms in total. The zero-order valence-corrected chi connectivity index (χ0v) is 13.4. The fraction of sp³-hybridized carbons (Fsp3) is 0.647. The van der Waals surface area contributed by atoms with Gasteiger partial charge in [-0.2, -0.15) is 11.8 Å². The van der Waals surface area contributed by atoms with E-state index in [1.54, 1.807) is 12.1 Å². The highest BCUT2D eigenvalue weighted by atomic mass is 32.2. The fourth-order valence-electron chi connectivity index (χ4n) is 2.88. The van der Waals surface area contributed by atoms with Crippen molar-refractivity contribution >= 4 is 11.8 Å². The Morgan fingerprint density at radius 3 is 2.70 bits per heavy atom. The van der Waals surface area contributed by atoms with Crippen LogP contribution in [-0.4, -0.2) is 24.1 Å². The summed E-state index contributed by atoms with van der Waals surface area (Å²) in [6.07, 6.45) is 7.98. The van der Waals surface area contributed by atoms with Crippen molar-refractivity contribution in [2.45, 2.75) is 56.7 Å². The molecule has 0 amide bonds. The molecule has 0 saturated heterocycles. The Balaban J connectivity index is 1.84. The van der Waals surface area contributed by atoms with Crippen LogP contribution < -0.4 is 5.32 Å². The Hall–Kier alpha value is -0.540. The van der Waals surface area contributed by atoms with Gasteiger partial charge in [0.2, 0.25) is 0 Å². The average Bonchev–Trinajstić information content (AvgIpc) is 2.46. The van der Waals surface area contributed by atoms with Crippen molar-refractivity contribution in [2.75, 3.05) is 12.8 Å². The molecule has 1 aliphatic carbocycles. The summed E-state index contributed by atoms with van der Waals surface area (Å²) in [7, 11) is 2.03. The van der Waals surface area contributed by atoms with Crippen LogP contribution in [0.25, 0.3) is 0 Å². The van der Waals surface area contributed by atoms with E-state index in [4.69, 9.17) is 0 Å². The minimum absolute atomic E-state index is 0.135. The lowest BCUT2D eigenvalue weighted by atomic mass is 10.0. The molecule has 1 N–H and O–H groups in total. The summed E-state index contributed by atoms with van der Waals surface area (Å²) in [5.74, 6) is 1.02. The Morgan fingerprint density at radius 2 is 2.05 bits per heavy atom. The molecule has 0 radical (unpaired) electrons. The lowest BCUT2D eigenvalue weighted by Crippen LogP contribution is -2.31. The Labute approximate surface area is 126 Å². The molecule has 1 aromatic rings. The third kappa shape index (κ3) is 4.78. The van der Waals surface area contributed by atoms with Crippen LogP contribution in [0.2, 0.25) is 0 Å². The molecule has 0 aliphatic heterocycles. The van der Waals surface area contributed by atoms with Gasteiger partial charge in [-0.15, -0.1) is 0 Å². The first-order valence-corrected chi connectivity index (χ1v) is 8.78. The van der Waals surface area contributed by atoms with Crippen LogP contribution in [0.1, 0.15) is 43.2 Å². The highest BCUT2D eigenvalue weighted by Crippen LogP contribution is 2.29. The maximum absolute atomic E-state index is 13.1. The molecule has 0 spiro atoms.